The van der Waals surface area contributed by atoms with Crippen LogP contribution in [0.5, 0.6) is 5.75 Å². The Labute approximate surface area is 117 Å². The molecule has 1 aromatic heterocycles. The second-order valence-electron chi connectivity index (χ2n) is 4.86. The van der Waals surface area contributed by atoms with Gasteiger partial charge < -0.3 is 10.5 Å². The van der Waals surface area contributed by atoms with Gasteiger partial charge in [-0.2, -0.15) is 0 Å². The van der Waals surface area contributed by atoms with Crippen molar-refractivity contribution >= 4 is 11.6 Å². The zero-order chi connectivity index (χ0) is 13.4. The summed E-state index contributed by atoms with van der Waals surface area (Å²) < 4.78 is 5.21. The molecule has 3 nitrogen and oxygen atoms in total. The van der Waals surface area contributed by atoms with E-state index in [-0.39, 0.29) is 0 Å². The van der Waals surface area contributed by atoms with Crippen molar-refractivity contribution in [1.82, 2.24) is 4.98 Å². The van der Waals surface area contributed by atoms with Gasteiger partial charge in [0.05, 0.1) is 12.8 Å². The predicted octanol–water partition coefficient (Wildman–Crippen LogP) is 3.23. The molecule has 0 radical (unpaired) electrons. The van der Waals surface area contributed by atoms with Crippen molar-refractivity contribution in [3.8, 4) is 17.0 Å². The lowest BCUT2D eigenvalue weighted by atomic mass is 10.1. The molecular formula is C15H15ClN2O. The Balaban J connectivity index is 1.91. The summed E-state index contributed by atoms with van der Waals surface area (Å²) in [6, 6.07) is 9.99. The van der Waals surface area contributed by atoms with E-state index in [0.717, 1.165) is 23.4 Å². The number of halogens is 1. The molecule has 98 valence electrons. The van der Waals surface area contributed by atoms with Crippen molar-refractivity contribution in [2.24, 2.45) is 5.73 Å². The highest BCUT2D eigenvalue weighted by molar-refractivity contribution is 6.31. The molecule has 1 aliphatic rings. The van der Waals surface area contributed by atoms with E-state index in [9.17, 15) is 0 Å². The summed E-state index contributed by atoms with van der Waals surface area (Å²) in [7, 11) is 1.63. The quantitative estimate of drug-likeness (QED) is 0.935. The van der Waals surface area contributed by atoms with Crippen molar-refractivity contribution in [1.29, 1.82) is 0 Å². The van der Waals surface area contributed by atoms with Gasteiger partial charge in [0.25, 0.3) is 0 Å². The summed E-state index contributed by atoms with van der Waals surface area (Å²) in [6.07, 6.45) is 2.96. The molecule has 0 aliphatic heterocycles. The summed E-state index contributed by atoms with van der Waals surface area (Å²) in [5.41, 5.74) is 8.90. The fourth-order valence-electron chi connectivity index (χ4n) is 2.22. The lowest BCUT2D eigenvalue weighted by Gasteiger charge is -2.06. The van der Waals surface area contributed by atoms with Gasteiger partial charge in [0.2, 0.25) is 0 Å². The first-order chi connectivity index (χ1) is 9.17. The van der Waals surface area contributed by atoms with E-state index in [1.807, 2.05) is 24.4 Å². The molecule has 2 N–H and O–H groups in total. The Morgan fingerprint density at radius 2 is 2.11 bits per heavy atom. The number of nitrogens with two attached hydrogens (primary N) is 1. The third-order valence-corrected chi connectivity index (χ3v) is 3.68. The van der Waals surface area contributed by atoms with Crippen LogP contribution in [0.3, 0.4) is 0 Å². The van der Waals surface area contributed by atoms with Gasteiger partial charge in [0.1, 0.15) is 5.75 Å². The van der Waals surface area contributed by atoms with E-state index < -0.39 is 0 Å². The number of hydrogen-bond donors (Lipinski definition) is 1. The van der Waals surface area contributed by atoms with Crippen LogP contribution in [0.1, 0.15) is 17.9 Å². The normalized spacial score (nSPS) is 21.2. The van der Waals surface area contributed by atoms with Crippen LogP contribution in [0, 0.1) is 0 Å². The Morgan fingerprint density at radius 3 is 2.68 bits per heavy atom. The molecule has 0 saturated heterocycles. The van der Waals surface area contributed by atoms with Crippen LogP contribution in [0.25, 0.3) is 11.3 Å². The van der Waals surface area contributed by atoms with Crippen molar-refractivity contribution < 1.29 is 4.74 Å². The summed E-state index contributed by atoms with van der Waals surface area (Å²) in [5.74, 6) is 1.22. The fraction of sp³-hybridized carbons (Fsp3) is 0.267. The van der Waals surface area contributed by atoms with Gasteiger partial charge in [-0.25, -0.2) is 0 Å². The number of methoxy groups -OCH3 is 1. The smallest absolute Gasteiger partial charge is 0.121 e. The van der Waals surface area contributed by atoms with E-state index in [4.69, 9.17) is 22.1 Å². The zero-order valence-electron chi connectivity index (χ0n) is 10.6. The minimum Gasteiger partial charge on any atom is -0.497 e. The molecule has 2 atom stereocenters. The monoisotopic (exact) mass is 274 g/mol. The molecule has 2 aromatic rings. The lowest BCUT2D eigenvalue weighted by molar-refractivity contribution is 0.415. The van der Waals surface area contributed by atoms with Crippen molar-refractivity contribution in [3.05, 3.63) is 47.1 Å². The van der Waals surface area contributed by atoms with Gasteiger partial charge in [0.15, 0.2) is 0 Å². The van der Waals surface area contributed by atoms with Crippen molar-refractivity contribution in [2.45, 2.75) is 18.4 Å². The third kappa shape index (κ3) is 2.57. The van der Waals surface area contributed by atoms with Gasteiger partial charge in [-0.1, -0.05) is 17.7 Å². The van der Waals surface area contributed by atoms with Crippen LogP contribution in [-0.2, 0) is 0 Å². The molecular weight excluding hydrogens is 260 g/mol. The maximum absolute atomic E-state index is 6.07. The van der Waals surface area contributed by atoms with E-state index in [1.165, 1.54) is 5.56 Å². The first-order valence-electron chi connectivity index (χ1n) is 6.24. The molecule has 1 aromatic carbocycles. The van der Waals surface area contributed by atoms with Gasteiger partial charge in [0, 0.05) is 28.7 Å². The van der Waals surface area contributed by atoms with E-state index >= 15 is 0 Å². The molecule has 19 heavy (non-hydrogen) atoms. The van der Waals surface area contributed by atoms with Crippen LogP contribution >= 0.6 is 11.6 Å². The number of hydrogen-bond acceptors (Lipinski definition) is 3. The first-order valence-corrected chi connectivity index (χ1v) is 6.61. The Kier molecular flexibility index (Phi) is 3.17. The molecule has 0 bridgehead atoms. The highest BCUT2D eigenvalue weighted by Gasteiger charge is 2.34. The lowest BCUT2D eigenvalue weighted by Crippen LogP contribution is -2.01. The van der Waals surface area contributed by atoms with Crippen LogP contribution in [-0.4, -0.2) is 18.1 Å². The van der Waals surface area contributed by atoms with Gasteiger partial charge >= 0.3 is 0 Å². The number of rotatable bonds is 3. The highest BCUT2D eigenvalue weighted by atomic mass is 35.5. The van der Waals surface area contributed by atoms with Gasteiger partial charge in [-0.05, 0) is 36.2 Å². The second-order valence-corrected chi connectivity index (χ2v) is 5.30. The van der Waals surface area contributed by atoms with Gasteiger partial charge in [-0.3, -0.25) is 4.98 Å². The Morgan fingerprint density at radius 1 is 1.32 bits per heavy atom. The number of aromatic nitrogens is 1. The second kappa shape index (κ2) is 4.83. The standard InChI is InChI=1S/C15H15ClN2O/c1-19-12-5-10(4-11(16)6-12)15-3-2-9(8-18-15)13-7-14(13)17/h2-6,8,13-14H,7,17H2,1H3/t13-,14+/m0/s1. The summed E-state index contributed by atoms with van der Waals surface area (Å²) >= 11 is 6.07. The third-order valence-electron chi connectivity index (χ3n) is 3.46. The summed E-state index contributed by atoms with van der Waals surface area (Å²) in [5, 5.41) is 0.643. The molecule has 0 amide bonds. The van der Waals surface area contributed by atoms with E-state index in [2.05, 4.69) is 11.1 Å². The molecule has 1 aliphatic carbocycles. The maximum Gasteiger partial charge on any atom is 0.121 e. The fourth-order valence-corrected chi connectivity index (χ4v) is 2.45. The molecule has 0 unspecified atom stereocenters. The molecule has 0 spiro atoms. The Bertz CT molecular complexity index is 598. The number of pyridine rings is 1. The topological polar surface area (TPSA) is 48.1 Å². The van der Waals surface area contributed by atoms with E-state index in [0.29, 0.717) is 17.0 Å². The van der Waals surface area contributed by atoms with E-state index in [1.54, 1.807) is 13.2 Å². The van der Waals surface area contributed by atoms with Crippen LogP contribution in [0.15, 0.2) is 36.5 Å². The summed E-state index contributed by atoms with van der Waals surface area (Å²) in [6.45, 7) is 0. The first kappa shape index (κ1) is 12.5. The maximum atomic E-state index is 6.07. The summed E-state index contributed by atoms with van der Waals surface area (Å²) in [4.78, 5) is 4.49. The average Bonchev–Trinajstić information content (AvgIpc) is 3.15. The number of nitrogens with zero attached hydrogens (tertiary/aromatic N) is 1. The molecule has 3 rings (SSSR count). The molecule has 1 fully saturated rings. The minimum atomic E-state index is 0.305. The Hall–Kier alpha value is -1.58. The SMILES string of the molecule is COc1cc(Cl)cc(-c2ccc([C@@H]3C[C@H]3N)cn2)c1. The number of ether oxygens (including phenoxy) is 1. The molecule has 1 saturated carbocycles. The highest BCUT2D eigenvalue weighted by Crippen LogP contribution is 2.39. The van der Waals surface area contributed by atoms with Gasteiger partial charge in [-0.15, -0.1) is 0 Å². The van der Waals surface area contributed by atoms with Crippen LogP contribution in [0.4, 0.5) is 0 Å². The molecule has 1 heterocycles. The van der Waals surface area contributed by atoms with Crippen LogP contribution < -0.4 is 10.5 Å². The largest absolute Gasteiger partial charge is 0.497 e. The number of benzene rings is 1. The minimum absolute atomic E-state index is 0.305. The van der Waals surface area contributed by atoms with Crippen LogP contribution in [0.2, 0.25) is 5.02 Å². The van der Waals surface area contributed by atoms with Crippen molar-refractivity contribution in [2.75, 3.05) is 7.11 Å². The predicted molar refractivity (Wildman–Crippen MR) is 76.6 cm³/mol. The zero-order valence-corrected chi connectivity index (χ0v) is 11.4. The molecule has 4 heteroatoms. The average molecular weight is 275 g/mol. The van der Waals surface area contributed by atoms with Crippen molar-refractivity contribution in [3.63, 3.8) is 0 Å².